The van der Waals surface area contributed by atoms with E-state index in [1.54, 1.807) is 23.5 Å². The molecule has 0 saturated heterocycles. The van der Waals surface area contributed by atoms with Crippen molar-refractivity contribution >= 4 is 23.2 Å². The lowest BCUT2D eigenvalue weighted by atomic mass is 9.92. The fourth-order valence-corrected chi connectivity index (χ4v) is 5.41. The van der Waals surface area contributed by atoms with Crippen molar-refractivity contribution < 1.29 is 18.7 Å². The van der Waals surface area contributed by atoms with Gasteiger partial charge in [-0.15, -0.1) is 11.3 Å². The second kappa shape index (κ2) is 11.6. The number of benzene rings is 2. The molecule has 1 atom stereocenters. The van der Waals surface area contributed by atoms with Crippen molar-refractivity contribution in [1.82, 2.24) is 9.80 Å². The number of hydrogen-bond donors (Lipinski definition) is 0. The van der Waals surface area contributed by atoms with Crippen molar-refractivity contribution in [3.05, 3.63) is 92.9 Å². The molecule has 1 aliphatic rings. The number of carbonyl (C=O) groups is 2. The van der Waals surface area contributed by atoms with Gasteiger partial charge in [0.1, 0.15) is 12.4 Å². The topological polar surface area (TPSA) is 49.9 Å². The van der Waals surface area contributed by atoms with Gasteiger partial charge in [0, 0.05) is 31.2 Å². The molecule has 35 heavy (non-hydrogen) atoms. The summed E-state index contributed by atoms with van der Waals surface area (Å²) in [4.78, 5) is 31.6. The number of rotatable bonds is 9. The van der Waals surface area contributed by atoms with Crippen LogP contribution >= 0.6 is 11.3 Å². The molecule has 1 aromatic heterocycles. The predicted molar refractivity (Wildman–Crippen MR) is 136 cm³/mol. The summed E-state index contributed by atoms with van der Waals surface area (Å²) in [7, 11) is 0. The van der Waals surface area contributed by atoms with E-state index in [0.29, 0.717) is 32.7 Å². The van der Waals surface area contributed by atoms with Gasteiger partial charge in [0.2, 0.25) is 5.91 Å². The third-order valence-electron chi connectivity index (χ3n) is 6.32. The molecule has 5 nitrogen and oxygen atoms in total. The summed E-state index contributed by atoms with van der Waals surface area (Å²) < 4.78 is 19.8. The molecule has 0 N–H and O–H groups in total. The van der Waals surface area contributed by atoms with Crippen molar-refractivity contribution in [2.24, 2.45) is 0 Å². The zero-order valence-corrected chi connectivity index (χ0v) is 21.0. The number of hydrogen-bond acceptors (Lipinski definition) is 4. The number of halogens is 1. The highest BCUT2D eigenvalue weighted by Gasteiger charge is 2.34. The minimum absolute atomic E-state index is 0.0226. The third kappa shape index (κ3) is 5.80. The lowest BCUT2D eigenvalue weighted by Crippen LogP contribution is -2.47. The Balaban J connectivity index is 1.59. The first-order valence-corrected chi connectivity index (χ1v) is 12.9. The lowest BCUT2D eigenvalue weighted by Gasteiger charge is -2.37. The molecule has 0 radical (unpaired) electrons. The van der Waals surface area contributed by atoms with Crippen molar-refractivity contribution in [1.29, 1.82) is 0 Å². The van der Waals surface area contributed by atoms with Crippen LogP contribution in [0, 0.1) is 12.7 Å². The fourth-order valence-electron chi connectivity index (χ4n) is 4.51. The van der Waals surface area contributed by atoms with Gasteiger partial charge in [-0.05, 0) is 61.4 Å². The van der Waals surface area contributed by atoms with Crippen LogP contribution in [-0.2, 0) is 16.0 Å². The quantitative estimate of drug-likeness (QED) is 0.383. The summed E-state index contributed by atoms with van der Waals surface area (Å²) in [5.41, 5.74) is 3.32. The molecule has 4 rings (SSSR count). The standard InChI is InChI=1S/C28H31FN2O3S/c1-3-34-17-6-15-30(28(33)22-7-4-5-8-24(22)29)19-26(32)31-16-13-25-23(14-18-35-25)27(31)21-11-9-20(2)10-12-21/h4-5,7-12,14,18,27H,3,6,13,15-17,19H2,1-2H3. The third-order valence-corrected chi connectivity index (χ3v) is 7.31. The fraction of sp³-hybridized carbons (Fsp3) is 0.357. The Morgan fingerprint density at radius 2 is 1.91 bits per heavy atom. The van der Waals surface area contributed by atoms with E-state index in [9.17, 15) is 14.0 Å². The Bertz CT molecular complexity index is 1160. The first kappa shape index (κ1) is 25.1. The Morgan fingerprint density at radius 3 is 2.66 bits per heavy atom. The van der Waals surface area contributed by atoms with Crippen LogP contribution in [0.3, 0.4) is 0 Å². The van der Waals surface area contributed by atoms with Crippen LogP contribution in [0.4, 0.5) is 4.39 Å². The summed E-state index contributed by atoms with van der Waals surface area (Å²) in [6, 6.07) is 16.0. The van der Waals surface area contributed by atoms with Crippen molar-refractivity contribution in [2.45, 2.75) is 32.7 Å². The number of thiophene rings is 1. The number of fused-ring (bicyclic) bond motifs is 1. The first-order chi connectivity index (χ1) is 17.0. The maximum atomic E-state index is 14.4. The number of carbonyl (C=O) groups excluding carboxylic acids is 2. The number of amides is 2. The van der Waals surface area contributed by atoms with Gasteiger partial charge in [-0.25, -0.2) is 4.39 Å². The second-order valence-electron chi connectivity index (χ2n) is 8.71. The molecule has 2 aromatic carbocycles. The van der Waals surface area contributed by atoms with E-state index in [-0.39, 0.29) is 24.1 Å². The van der Waals surface area contributed by atoms with Crippen LogP contribution in [0.5, 0.6) is 0 Å². The molecule has 3 aromatic rings. The SMILES string of the molecule is CCOCCCN(CC(=O)N1CCc2sccc2C1c1ccc(C)cc1)C(=O)c1ccccc1F. The lowest BCUT2D eigenvalue weighted by molar-refractivity contribution is -0.134. The van der Waals surface area contributed by atoms with Crippen molar-refractivity contribution in [3.8, 4) is 0 Å². The number of nitrogens with zero attached hydrogens (tertiary/aromatic N) is 2. The molecular weight excluding hydrogens is 463 g/mol. The maximum Gasteiger partial charge on any atom is 0.257 e. The molecule has 0 aliphatic carbocycles. The molecule has 0 fully saturated rings. The molecule has 1 unspecified atom stereocenters. The van der Waals surface area contributed by atoms with Crippen LogP contribution < -0.4 is 0 Å². The monoisotopic (exact) mass is 494 g/mol. The largest absolute Gasteiger partial charge is 0.382 e. The van der Waals surface area contributed by atoms with E-state index in [1.165, 1.54) is 21.9 Å². The van der Waals surface area contributed by atoms with Crippen LogP contribution in [0.2, 0.25) is 0 Å². The zero-order valence-electron chi connectivity index (χ0n) is 20.2. The first-order valence-electron chi connectivity index (χ1n) is 12.0. The van der Waals surface area contributed by atoms with Gasteiger partial charge in [0.25, 0.3) is 5.91 Å². The number of ether oxygens (including phenoxy) is 1. The van der Waals surface area contributed by atoms with Gasteiger partial charge in [0.15, 0.2) is 0 Å². The van der Waals surface area contributed by atoms with Gasteiger partial charge in [-0.3, -0.25) is 9.59 Å². The molecule has 2 amide bonds. The van der Waals surface area contributed by atoms with Crippen molar-refractivity contribution in [3.63, 3.8) is 0 Å². The molecule has 0 saturated carbocycles. The second-order valence-corrected chi connectivity index (χ2v) is 9.71. The van der Waals surface area contributed by atoms with E-state index in [1.807, 2.05) is 18.7 Å². The summed E-state index contributed by atoms with van der Waals surface area (Å²) in [6.07, 6.45) is 1.35. The summed E-state index contributed by atoms with van der Waals surface area (Å²) in [5, 5.41) is 2.07. The van der Waals surface area contributed by atoms with Crippen LogP contribution in [0.25, 0.3) is 0 Å². The minimum Gasteiger partial charge on any atom is -0.382 e. The highest BCUT2D eigenvalue weighted by Crippen LogP contribution is 2.38. The van der Waals surface area contributed by atoms with E-state index < -0.39 is 11.7 Å². The van der Waals surface area contributed by atoms with Gasteiger partial charge in [0.05, 0.1) is 11.6 Å². The normalized spacial score (nSPS) is 15.1. The molecule has 7 heteroatoms. The van der Waals surface area contributed by atoms with Gasteiger partial charge in [-0.1, -0.05) is 42.0 Å². The Labute approximate surface area is 210 Å². The molecule has 1 aliphatic heterocycles. The summed E-state index contributed by atoms with van der Waals surface area (Å²) in [5.74, 6) is -1.21. The van der Waals surface area contributed by atoms with E-state index in [0.717, 1.165) is 23.1 Å². The van der Waals surface area contributed by atoms with Gasteiger partial charge >= 0.3 is 0 Å². The average Bonchev–Trinajstić information content (AvgIpc) is 3.35. The highest BCUT2D eigenvalue weighted by atomic mass is 32.1. The van der Waals surface area contributed by atoms with Gasteiger partial charge in [-0.2, -0.15) is 0 Å². The zero-order chi connectivity index (χ0) is 24.8. The van der Waals surface area contributed by atoms with Crippen molar-refractivity contribution in [2.75, 3.05) is 32.8 Å². The molecular formula is C28H31FN2O3S. The summed E-state index contributed by atoms with van der Waals surface area (Å²) >= 11 is 1.72. The Hall–Kier alpha value is -3.03. The average molecular weight is 495 g/mol. The molecule has 0 spiro atoms. The summed E-state index contributed by atoms with van der Waals surface area (Å²) in [6.45, 7) is 5.78. The maximum absolute atomic E-state index is 14.4. The smallest absolute Gasteiger partial charge is 0.257 e. The molecule has 2 heterocycles. The molecule has 0 bridgehead atoms. The van der Waals surface area contributed by atoms with Crippen LogP contribution in [0.1, 0.15) is 51.3 Å². The number of aryl methyl sites for hydroxylation is 1. The van der Waals surface area contributed by atoms with Crippen LogP contribution in [-0.4, -0.2) is 54.5 Å². The predicted octanol–water partition coefficient (Wildman–Crippen LogP) is 5.24. The van der Waals surface area contributed by atoms with E-state index in [2.05, 4.69) is 35.7 Å². The Kier molecular flexibility index (Phi) is 8.31. The van der Waals surface area contributed by atoms with E-state index in [4.69, 9.17) is 4.74 Å². The van der Waals surface area contributed by atoms with Crippen LogP contribution in [0.15, 0.2) is 60.0 Å². The van der Waals surface area contributed by atoms with Gasteiger partial charge < -0.3 is 14.5 Å². The Morgan fingerprint density at radius 1 is 1.14 bits per heavy atom. The molecule has 184 valence electrons. The minimum atomic E-state index is -0.585. The highest BCUT2D eigenvalue weighted by molar-refractivity contribution is 7.10. The van der Waals surface area contributed by atoms with E-state index >= 15 is 0 Å².